The van der Waals surface area contributed by atoms with Crippen molar-refractivity contribution in [2.24, 2.45) is 0 Å². The Kier molecular flexibility index (Phi) is 4.13. The van der Waals surface area contributed by atoms with E-state index in [2.05, 4.69) is 10.6 Å². The van der Waals surface area contributed by atoms with Gasteiger partial charge in [-0.05, 0) is 37.3 Å². The molecule has 0 bridgehead atoms. The van der Waals surface area contributed by atoms with Crippen LogP contribution in [-0.2, 0) is 4.79 Å². The Hall–Kier alpha value is -2.36. The monoisotopic (exact) mass is 258 g/mol. The molecule has 1 amide bonds. The fourth-order valence-corrected chi connectivity index (χ4v) is 1.67. The maximum absolute atomic E-state index is 13.0. The highest BCUT2D eigenvalue weighted by Crippen LogP contribution is 2.11. The van der Waals surface area contributed by atoms with Crippen LogP contribution in [-0.4, -0.2) is 11.9 Å². The zero-order chi connectivity index (χ0) is 13.7. The highest BCUT2D eigenvalue weighted by molar-refractivity contribution is 5.96. The van der Waals surface area contributed by atoms with Crippen LogP contribution in [0.15, 0.2) is 54.6 Å². The number of para-hydroxylation sites is 1. The molecule has 98 valence electrons. The molecule has 0 aliphatic heterocycles. The number of rotatable bonds is 4. The van der Waals surface area contributed by atoms with E-state index in [0.29, 0.717) is 5.69 Å². The number of nitrogens with one attached hydrogen (secondary N) is 2. The lowest BCUT2D eigenvalue weighted by Crippen LogP contribution is -2.31. The number of carbonyl (C=O) groups excluding carboxylic acids is 1. The van der Waals surface area contributed by atoms with Crippen LogP contribution >= 0.6 is 0 Å². The summed E-state index contributed by atoms with van der Waals surface area (Å²) in [7, 11) is 0. The molecule has 0 fully saturated rings. The first kappa shape index (κ1) is 13.1. The summed E-state index contributed by atoms with van der Waals surface area (Å²) in [5, 5.41) is 5.73. The summed E-state index contributed by atoms with van der Waals surface area (Å²) < 4.78 is 13.0. The standard InChI is InChI=1S/C15H15FN2O/c1-11(17-13-7-3-2-4-8-13)15(19)18-14-9-5-6-12(16)10-14/h2-11,17H,1H3,(H,18,19). The van der Waals surface area contributed by atoms with E-state index in [1.165, 1.54) is 12.1 Å². The summed E-state index contributed by atoms with van der Waals surface area (Å²) in [4.78, 5) is 11.9. The lowest BCUT2D eigenvalue weighted by molar-refractivity contribution is -0.116. The molecule has 3 nitrogen and oxygen atoms in total. The van der Waals surface area contributed by atoms with Gasteiger partial charge in [-0.25, -0.2) is 4.39 Å². The van der Waals surface area contributed by atoms with Gasteiger partial charge >= 0.3 is 0 Å². The Bertz CT molecular complexity index is 557. The van der Waals surface area contributed by atoms with E-state index in [1.54, 1.807) is 19.1 Å². The highest BCUT2D eigenvalue weighted by atomic mass is 19.1. The predicted molar refractivity (Wildman–Crippen MR) is 74.6 cm³/mol. The molecular weight excluding hydrogens is 243 g/mol. The van der Waals surface area contributed by atoms with Gasteiger partial charge in [-0.1, -0.05) is 24.3 Å². The van der Waals surface area contributed by atoms with Gasteiger partial charge in [-0.2, -0.15) is 0 Å². The molecule has 0 heterocycles. The molecule has 0 aliphatic carbocycles. The minimum absolute atomic E-state index is 0.213. The summed E-state index contributed by atoms with van der Waals surface area (Å²) in [6.45, 7) is 1.75. The van der Waals surface area contributed by atoms with E-state index in [-0.39, 0.29) is 11.7 Å². The van der Waals surface area contributed by atoms with Crippen LogP contribution in [0.25, 0.3) is 0 Å². The lowest BCUT2D eigenvalue weighted by atomic mass is 10.2. The smallest absolute Gasteiger partial charge is 0.246 e. The topological polar surface area (TPSA) is 41.1 Å². The second kappa shape index (κ2) is 6.00. The van der Waals surface area contributed by atoms with Crippen molar-refractivity contribution in [1.82, 2.24) is 0 Å². The summed E-state index contributed by atoms with van der Waals surface area (Å²) in [5.41, 5.74) is 1.32. The van der Waals surface area contributed by atoms with Crippen molar-refractivity contribution in [2.45, 2.75) is 13.0 Å². The van der Waals surface area contributed by atoms with Gasteiger partial charge in [0, 0.05) is 11.4 Å². The van der Waals surface area contributed by atoms with Crippen LogP contribution < -0.4 is 10.6 Å². The first-order valence-corrected chi connectivity index (χ1v) is 6.03. The second-order valence-corrected chi connectivity index (χ2v) is 4.23. The van der Waals surface area contributed by atoms with Crippen molar-refractivity contribution in [3.63, 3.8) is 0 Å². The molecule has 2 aromatic carbocycles. The largest absolute Gasteiger partial charge is 0.374 e. The molecule has 0 aliphatic rings. The molecule has 0 aromatic heterocycles. The normalized spacial score (nSPS) is 11.7. The minimum Gasteiger partial charge on any atom is -0.374 e. The van der Waals surface area contributed by atoms with Gasteiger partial charge in [0.1, 0.15) is 11.9 Å². The third kappa shape index (κ3) is 3.81. The maximum Gasteiger partial charge on any atom is 0.246 e. The lowest BCUT2D eigenvalue weighted by Gasteiger charge is -2.15. The number of carbonyl (C=O) groups is 1. The van der Waals surface area contributed by atoms with Crippen molar-refractivity contribution in [3.05, 3.63) is 60.4 Å². The molecule has 2 aromatic rings. The van der Waals surface area contributed by atoms with Crippen molar-refractivity contribution < 1.29 is 9.18 Å². The van der Waals surface area contributed by atoms with Crippen molar-refractivity contribution in [1.29, 1.82) is 0 Å². The van der Waals surface area contributed by atoms with E-state index in [9.17, 15) is 9.18 Å². The van der Waals surface area contributed by atoms with Crippen LogP contribution in [0.4, 0.5) is 15.8 Å². The van der Waals surface area contributed by atoms with Gasteiger partial charge in [0.05, 0.1) is 0 Å². The van der Waals surface area contributed by atoms with Crippen LogP contribution in [0.2, 0.25) is 0 Å². The summed E-state index contributed by atoms with van der Waals surface area (Å²) in [5.74, 6) is -0.587. The molecule has 2 N–H and O–H groups in total. The summed E-state index contributed by atoms with van der Waals surface area (Å²) in [6.07, 6.45) is 0. The average Bonchev–Trinajstić information content (AvgIpc) is 2.40. The molecule has 1 unspecified atom stereocenters. The molecule has 1 atom stereocenters. The molecule has 0 saturated heterocycles. The number of benzene rings is 2. The van der Waals surface area contributed by atoms with Gasteiger partial charge < -0.3 is 10.6 Å². The Morgan fingerprint density at radius 1 is 1.05 bits per heavy atom. The average molecular weight is 258 g/mol. The zero-order valence-corrected chi connectivity index (χ0v) is 10.6. The van der Waals surface area contributed by atoms with Gasteiger partial charge in [0.25, 0.3) is 0 Å². The van der Waals surface area contributed by atoms with Crippen LogP contribution in [0, 0.1) is 5.82 Å². The van der Waals surface area contributed by atoms with Gasteiger partial charge in [0.2, 0.25) is 5.91 Å². The maximum atomic E-state index is 13.0. The predicted octanol–water partition coefficient (Wildman–Crippen LogP) is 3.26. The fourth-order valence-electron chi connectivity index (χ4n) is 1.67. The number of halogens is 1. The van der Waals surface area contributed by atoms with Gasteiger partial charge in [-0.15, -0.1) is 0 Å². The van der Waals surface area contributed by atoms with Gasteiger partial charge in [0.15, 0.2) is 0 Å². The number of hydrogen-bond acceptors (Lipinski definition) is 2. The molecule has 0 spiro atoms. The van der Waals surface area contributed by atoms with Crippen molar-refractivity contribution in [2.75, 3.05) is 10.6 Å². The van der Waals surface area contributed by atoms with Crippen LogP contribution in [0.5, 0.6) is 0 Å². The molecule has 0 radical (unpaired) electrons. The molecule has 19 heavy (non-hydrogen) atoms. The number of amides is 1. The van der Waals surface area contributed by atoms with Crippen molar-refractivity contribution >= 4 is 17.3 Å². The van der Waals surface area contributed by atoms with Crippen LogP contribution in [0.3, 0.4) is 0 Å². The summed E-state index contributed by atoms with van der Waals surface area (Å²) in [6, 6.07) is 14.9. The Labute approximate surface area is 111 Å². The van der Waals surface area contributed by atoms with Crippen molar-refractivity contribution in [3.8, 4) is 0 Å². The molecule has 4 heteroatoms. The number of anilines is 2. The quantitative estimate of drug-likeness (QED) is 0.883. The third-order valence-electron chi connectivity index (χ3n) is 2.64. The van der Waals surface area contributed by atoms with E-state index < -0.39 is 6.04 Å². The van der Waals surface area contributed by atoms with E-state index in [1.807, 2.05) is 30.3 Å². The Morgan fingerprint density at radius 3 is 2.42 bits per heavy atom. The molecule has 2 rings (SSSR count). The minimum atomic E-state index is -0.411. The third-order valence-corrected chi connectivity index (χ3v) is 2.64. The van der Waals surface area contributed by atoms with E-state index in [4.69, 9.17) is 0 Å². The van der Waals surface area contributed by atoms with E-state index >= 15 is 0 Å². The summed E-state index contributed by atoms with van der Waals surface area (Å²) >= 11 is 0. The fraction of sp³-hybridized carbons (Fsp3) is 0.133. The first-order valence-electron chi connectivity index (χ1n) is 6.03. The second-order valence-electron chi connectivity index (χ2n) is 4.23. The zero-order valence-electron chi connectivity index (χ0n) is 10.6. The highest BCUT2D eigenvalue weighted by Gasteiger charge is 2.12. The Morgan fingerprint density at radius 2 is 1.74 bits per heavy atom. The molecular formula is C15H15FN2O. The van der Waals surface area contributed by atoms with E-state index in [0.717, 1.165) is 5.69 Å². The first-order chi connectivity index (χ1) is 9.15. The van der Waals surface area contributed by atoms with Crippen LogP contribution in [0.1, 0.15) is 6.92 Å². The SMILES string of the molecule is CC(Nc1ccccc1)C(=O)Nc1cccc(F)c1. The number of hydrogen-bond donors (Lipinski definition) is 2. The molecule has 0 saturated carbocycles. The van der Waals surface area contributed by atoms with Gasteiger partial charge in [-0.3, -0.25) is 4.79 Å². The Balaban J connectivity index is 1.96.